The van der Waals surface area contributed by atoms with Crippen molar-refractivity contribution in [2.75, 3.05) is 0 Å². The average molecular weight is 1790 g/mol. The Morgan fingerprint density at radius 3 is 1.31 bits per heavy atom. The number of phenolic OH excluding ortho intramolecular Hbond substituents is 2. The maximum Gasteiger partial charge on any atom is 0.143 e. The molecule has 8 nitrogen and oxygen atoms in total. The molecule has 0 aliphatic rings. The van der Waals surface area contributed by atoms with Gasteiger partial charge in [0.05, 0.1) is 22.4 Å². The number of rotatable bonds is 10. The first-order valence-corrected chi connectivity index (χ1v) is 37.5. The van der Waals surface area contributed by atoms with Crippen molar-refractivity contribution in [1.29, 1.82) is 0 Å². The van der Waals surface area contributed by atoms with Crippen molar-refractivity contribution in [2.45, 2.75) is 196 Å². The summed E-state index contributed by atoms with van der Waals surface area (Å²) in [4.78, 5) is 21.0. The van der Waals surface area contributed by atoms with Gasteiger partial charge in [-0.25, -0.2) is 0 Å². The summed E-state index contributed by atoms with van der Waals surface area (Å²) in [6.45, 7) is 49.2. The Morgan fingerprint density at radius 2 is 0.787 bits per heavy atom. The van der Waals surface area contributed by atoms with Gasteiger partial charge in [0.15, 0.2) is 0 Å². The molecule has 0 aliphatic carbocycles. The molecule has 8 aromatic carbocycles. The van der Waals surface area contributed by atoms with Gasteiger partial charge in [-0.2, -0.15) is 0 Å². The van der Waals surface area contributed by atoms with E-state index in [1.807, 2.05) is 42.7 Å². The summed E-state index contributed by atoms with van der Waals surface area (Å²) in [5, 5.41) is 27.7. The van der Waals surface area contributed by atoms with E-state index in [0.717, 1.165) is 117 Å². The minimum absolute atomic E-state index is 0. The van der Waals surface area contributed by atoms with Crippen LogP contribution in [0.4, 0.5) is 0 Å². The van der Waals surface area contributed by atoms with Gasteiger partial charge in [-0.1, -0.05) is 279 Å². The third kappa shape index (κ3) is 15.6. The molecule has 108 heavy (non-hydrogen) atoms. The molecule has 0 aliphatic heterocycles. The molecule has 0 saturated heterocycles. The van der Waals surface area contributed by atoms with Crippen molar-refractivity contribution < 1.29 is 52.3 Å². The van der Waals surface area contributed by atoms with E-state index in [2.05, 4.69) is 343 Å². The SMILES string of the molecule is CC(C)(C)c1cc(-c2ccc3c4ccccc4n(-c4cc(C(C)(C)C)cc(C(C)(C)C)c4O)c3n2)[c-]c(C(C)(C)c2cc(-c3ccccc3)ccn2)c1.CC(C)(C)c1cc(-c2nc3c(cc2C(C)(C)C)c2cc(C(C)(C)C)ccc2n3-c2ccccc2O)[c-]c(C(C)(C)c2cc(-c3ccccc3)ccn2)c1.[Pt].[Pt]. The molecular formula is C98H104N6O2Pt2-2. The van der Waals surface area contributed by atoms with Crippen LogP contribution in [0.1, 0.15) is 208 Å². The summed E-state index contributed by atoms with van der Waals surface area (Å²) in [5.74, 6) is 0.501. The average Bonchev–Trinajstić information content (AvgIpc) is 1.56. The molecule has 14 aromatic rings. The Hall–Kier alpha value is -9.06. The van der Waals surface area contributed by atoms with Gasteiger partial charge in [0, 0.05) is 104 Å². The topological polar surface area (TPSA) is 102 Å². The third-order valence-corrected chi connectivity index (χ3v) is 21.4. The quantitative estimate of drug-likeness (QED) is 0.132. The smallest absolute Gasteiger partial charge is 0.143 e. The van der Waals surface area contributed by atoms with Crippen molar-refractivity contribution in [3.05, 3.63) is 287 Å². The first-order valence-electron chi connectivity index (χ1n) is 37.5. The number of phenols is 2. The van der Waals surface area contributed by atoms with Crippen LogP contribution >= 0.6 is 0 Å². The summed E-state index contributed by atoms with van der Waals surface area (Å²) in [6.07, 6.45) is 3.83. The monoisotopic (exact) mass is 1790 g/mol. The zero-order valence-corrected chi connectivity index (χ0v) is 71.5. The number of benzene rings is 8. The minimum Gasteiger partial charge on any atom is -0.506 e. The number of aromatic hydroxyl groups is 2. The first kappa shape index (κ1) is 80.0. The molecule has 0 amide bonds. The third-order valence-electron chi connectivity index (χ3n) is 21.4. The molecular weight excluding hydrogens is 1680 g/mol. The van der Waals surface area contributed by atoms with Gasteiger partial charge in [-0.3, -0.25) is 29.1 Å². The fourth-order valence-corrected chi connectivity index (χ4v) is 14.5. The van der Waals surface area contributed by atoms with Gasteiger partial charge in [0.25, 0.3) is 0 Å². The summed E-state index contributed by atoms with van der Waals surface area (Å²) in [5.41, 5.74) is 22.5. The van der Waals surface area contributed by atoms with Crippen molar-refractivity contribution in [2.24, 2.45) is 0 Å². The van der Waals surface area contributed by atoms with E-state index in [1.54, 1.807) is 6.07 Å². The van der Waals surface area contributed by atoms with Crippen LogP contribution in [0.2, 0.25) is 0 Å². The van der Waals surface area contributed by atoms with Crippen LogP contribution in [0.15, 0.2) is 219 Å². The summed E-state index contributed by atoms with van der Waals surface area (Å²) >= 11 is 0. The van der Waals surface area contributed by atoms with E-state index in [9.17, 15) is 10.2 Å². The van der Waals surface area contributed by atoms with E-state index in [-0.39, 0.29) is 86.1 Å². The number of hydrogen-bond acceptors (Lipinski definition) is 6. The zero-order valence-electron chi connectivity index (χ0n) is 67.0. The second-order valence-corrected chi connectivity index (χ2v) is 36.4. The molecule has 0 radical (unpaired) electrons. The molecule has 6 aromatic heterocycles. The Bertz CT molecular complexity index is 5680. The van der Waals surface area contributed by atoms with Crippen molar-refractivity contribution in [3.8, 4) is 67.6 Å². The zero-order chi connectivity index (χ0) is 76.2. The van der Waals surface area contributed by atoms with Gasteiger partial charge in [0.2, 0.25) is 0 Å². The number of fused-ring (bicyclic) bond motifs is 6. The molecule has 14 rings (SSSR count). The molecule has 560 valence electrons. The van der Waals surface area contributed by atoms with Gasteiger partial charge >= 0.3 is 0 Å². The van der Waals surface area contributed by atoms with Crippen LogP contribution in [-0.2, 0) is 85.5 Å². The first-order chi connectivity index (χ1) is 49.7. The second kappa shape index (κ2) is 29.4. The summed E-state index contributed by atoms with van der Waals surface area (Å²) in [7, 11) is 0. The molecule has 10 heteroatoms. The van der Waals surface area contributed by atoms with Crippen LogP contribution in [0.3, 0.4) is 0 Å². The normalized spacial score (nSPS) is 12.6. The Morgan fingerprint density at radius 1 is 0.324 bits per heavy atom. The predicted molar refractivity (Wildman–Crippen MR) is 445 cm³/mol. The molecule has 0 unspecified atom stereocenters. The van der Waals surface area contributed by atoms with E-state index in [1.165, 1.54) is 33.4 Å². The van der Waals surface area contributed by atoms with Gasteiger partial charge in [0.1, 0.15) is 22.8 Å². The van der Waals surface area contributed by atoms with Crippen LogP contribution in [-0.4, -0.2) is 39.3 Å². The van der Waals surface area contributed by atoms with Crippen LogP contribution < -0.4 is 0 Å². The van der Waals surface area contributed by atoms with E-state index in [0.29, 0.717) is 5.69 Å². The Labute approximate surface area is 670 Å². The number of nitrogens with zero attached hydrogens (tertiary/aromatic N) is 6. The molecule has 0 fully saturated rings. The number of pyridine rings is 4. The molecule has 6 heterocycles. The van der Waals surface area contributed by atoms with E-state index in [4.69, 9.17) is 19.9 Å². The summed E-state index contributed by atoms with van der Waals surface area (Å²) < 4.78 is 4.28. The fourth-order valence-electron chi connectivity index (χ4n) is 14.5. The number of aromatic nitrogens is 6. The van der Waals surface area contributed by atoms with Gasteiger partial charge in [-0.15, -0.1) is 69.8 Å². The van der Waals surface area contributed by atoms with Crippen molar-refractivity contribution >= 4 is 43.9 Å². The maximum absolute atomic E-state index is 12.1. The van der Waals surface area contributed by atoms with Crippen molar-refractivity contribution in [1.82, 2.24) is 29.1 Å². The van der Waals surface area contributed by atoms with Crippen LogP contribution in [0, 0.1) is 12.1 Å². The molecule has 0 atom stereocenters. The molecule has 2 N–H and O–H groups in total. The number of para-hydroxylation sites is 3. The predicted octanol–water partition coefficient (Wildman–Crippen LogP) is 25.3. The minimum atomic E-state index is -0.457. The fraction of sp³-hybridized carbons (Fsp3) is 0.306. The van der Waals surface area contributed by atoms with Gasteiger partial charge < -0.3 is 10.2 Å². The number of hydrogen-bond donors (Lipinski definition) is 2. The second-order valence-electron chi connectivity index (χ2n) is 36.4. The maximum atomic E-state index is 12.1. The Balaban J connectivity index is 0.000000211. The molecule has 0 bridgehead atoms. The van der Waals surface area contributed by atoms with Crippen molar-refractivity contribution in [3.63, 3.8) is 0 Å². The molecule has 0 spiro atoms. The molecule has 0 saturated carbocycles. The largest absolute Gasteiger partial charge is 0.506 e. The Kier molecular flexibility index (Phi) is 21.8. The standard InChI is InChI=1S/2C49H52N3O.2Pt/c1-46(2,3)34-25-33(26-36(28-34)49(10,11)43-27-32(23-24-50-43)31-17-13-12-14-18-31)40-22-21-38-37-19-15-16-20-41(37)52(45(38)51-40)42-30-35(47(4,5)6)29-39(44(42)53)48(7,8)9;1-46(2,3)34-21-22-40-37(29-34)38-30-39(48(7,8)9)44(51-45(38)52(40)41-19-15-16-20-42(41)53)33-25-35(47(4,5)6)28-36(26-33)49(10,11)43-27-32(23-24-50-43)31-17-13-12-14-18-31;;/h2*12-25,27-30,53H,1-11H3;;/q2*-1;;. The van der Waals surface area contributed by atoms with E-state index < -0.39 is 10.8 Å². The van der Waals surface area contributed by atoms with Crippen LogP contribution in [0.5, 0.6) is 11.5 Å². The van der Waals surface area contributed by atoms with Gasteiger partial charge in [-0.05, 0) is 138 Å². The van der Waals surface area contributed by atoms with E-state index >= 15 is 0 Å². The summed E-state index contributed by atoms with van der Waals surface area (Å²) in [6, 6.07) is 80.0. The van der Waals surface area contributed by atoms with Crippen LogP contribution in [0.25, 0.3) is 100 Å².